The topological polar surface area (TPSA) is 47.7 Å². The number of rotatable bonds is 6. The Hall–Kier alpha value is -2.89. The minimum Gasteiger partial charge on any atom is -0.305 e. The molecule has 0 spiro atoms. The number of hydrogen-bond acceptors (Lipinski definition) is 3. The van der Waals surface area contributed by atoms with Crippen molar-refractivity contribution >= 4 is 11.6 Å². The summed E-state index contributed by atoms with van der Waals surface area (Å²) in [6, 6.07) is 18.2. The fourth-order valence-electron chi connectivity index (χ4n) is 3.34. The van der Waals surface area contributed by atoms with E-state index in [-0.39, 0.29) is 6.04 Å². The molecule has 1 aromatic carbocycles. The lowest BCUT2D eigenvalue weighted by molar-refractivity contribution is 0.560. The van der Waals surface area contributed by atoms with Crippen LogP contribution in [0.15, 0.2) is 73.2 Å². The Labute approximate surface area is 169 Å². The predicted molar refractivity (Wildman–Crippen MR) is 112 cm³/mol. The van der Waals surface area contributed by atoms with Gasteiger partial charge in [0.05, 0.1) is 16.9 Å². The average molecular weight is 392 g/mol. The zero-order chi connectivity index (χ0) is 19.5. The highest BCUT2D eigenvalue weighted by molar-refractivity contribution is 6.30. The van der Waals surface area contributed by atoms with Crippen LogP contribution in [0.3, 0.4) is 0 Å². The number of pyridine rings is 1. The number of nitrogens with zero attached hydrogens (tertiary/aromatic N) is 4. The Morgan fingerprint density at radius 3 is 2.61 bits per heavy atom. The summed E-state index contributed by atoms with van der Waals surface area (Å²) in [6.07, 6.45) is 5.62. The van der Waals surface area contributed by atoms with E-state index >= 15 is 0 Å². The zero-order valence-corrected chi connectivity index (χ0v) is 16.6. The van der Waals surface area contributed by atoms with Gasteiger partial charge in [-0.1, -0.05) is 29.8 Å². The van der Waals surface area contributed by atoms with Gasteiger partial charge in [0, 0.05) is 41.9 Å². The van der Waals surface area contributed by atoms with Gasteiger partial charge in [-0.2, -0.15) is 5.10 Å². The SMILES string of the molecule is Cc1c([C@@H](C)NCc2cccn2-c2ccc(Cl)cn2)cnn1-c1ccccc1. The minimum atomic E-state index is 0.166. The minimum absolute atomic E-state index is 0.166. The Bertz CT molecular complexity index is 1050. The van der Waals surface area contributed by atoms with Crippen molar-refractivity contribution in [2.24, 2.45) is 0 Å². The molecule has 28 heavy (non-hydrogen) atoms. The number of hydrogen-bond donors (Lipinski definition) is 1. The third-order valence-corrected chi connectivity index (χ3v) is 5.12. The maximum absolute atomic E-state index is 5.95. The molecule has 0 unspecified atom stereocenters. The summed E-state index contributed by atoms with van der Waals surface area (Å²) >= 11 is 5.95. The first-order chi connectivity index (χ1) is 13.6. The van der Waals surface area contributed by atoms with Crippen molar-refractivity contribution in [3.63, 3.8) is 0 Å². The first kappa shape index (κ1) is 18.5. The van der Waals surface area contributed by atoms with E-state index < -0.39 is 0 Å². The average Bonchev–Trinajstić information content (AvgIpc) is 3.34. The Kier molecular flexibility index (Phi) is 5.28. The molecule has 5 nitrogen and oxygen atoms in total. The fraction of sp³-hybridized carbons (Fsp3) is 0.182. The molecule has 0 aliphatic heterocycles. The van der Waals surface area contributed by atoms with Crippen molar-refractivity contribution in [3.05, 3.63) is 95.2 Å². The Morgan fingerprint density at radius 2 is 1.86 bits per heavy atom. The Morgan fingerprint density at radius 1 is 1.04 bits per heavy atom. The van der Waals surface area contributed by atoms with E-state index in [0.29, 0.717) is 11.6 Å². The van der Waals surface area contributed by atoms with Crippen LogP contribution in [0.1, 0.15) is 29.9 Å². The van der Waals surface area contributed by atoms with Crippen LogP contribution in [0.2, 0.25) is 5.02 Å². The van der Waals surface area contributed by atoms with Crippen LogP contribution in [0, 0.1) is 6.92 Å². The van der Waals surface area contributed by atoms with E-state index in [2.05, 4.69) is 52.0 Å². The summed E-state index contributed by atoms with van der Waals surface area (Å²) in [5.41, 5.74) is 4.53. The van der Waals surface area contributed by atoms with Gasteiger partial charge < -0.3 is 9.88 Å². The van der Waals surface area contributed by atoms with Crippen LogP contribution in [-0.4, -0.2) is 19.3 Å². The molecule has 0 aliphatic rings. The van der Waals surface area contributed by atoms with Gasteiger partial charge in [-0.3, -0.25) is 0 Å². The zero-order valence-electron chi connectivity index (χ0n) is 15.9. The molecular weight excluding hydrogens is 370 g/mol. The fourth-order valence-corrected chi connectivity index (χ4v) is 3.45. The predicted octanol–water partition coefficient (Wildman–Crippen LogP) is 4.87. The normalized spacial score (nSPS) is 12.2. The second-order valence-electron chi connectivity index (χ2n) is 6.74. The third-order valence-electron chi connectivity index (χ3n) is 4.90. The van der Waals surface area contributed by atoms with Crippen LogP contribution >= 0.6 is 11.6 Å². The second-order valence-corrected chi connectivity index (χ2v) is 7.18. The van der Waals surface area contributed by atoms with Gasteiger partial charge in [0.15, 0.2) is 0 Å². The molecule has 1 N–H and O–H groups in total. The molecule has 0 radical (unpaired) electrons. The van der Waals surface area contributed by atoms with Crippen LogP contribution in [0.4, 0.5) is 0 Å². The molecule has 6 heteroatoms. The molecule has 4 aromatic rings. The molecular formula is C22H22ClN5. The van der Waals surface area contributed by atoms with Crippen molar-refractivity contribution in [2.45, 2.75) is 26.4 Å². The molecule has 0 bridgehead atoms. The molecule has 0 aliphatic carbocycles. The van der Waals surface area contributed by atoms with Gasteiger partial charge in [0.1, 0.15) is 5.82 Å². The van der Waals surface area contributed by atoms with E-state index in [1.165, 1.54) is 5.56 Å². The molecule has 3 heterocycles. The third kappa shape index (κ3) is 3.72. The lowest BCUT2D eigenvalue weighted by Gasteiger charge is -2.15. The maximum Gasteiger partial charge on any atom is 0.136 e. The van der Waals surface area contributed by atoms with Crippen LogP contribution < -0.4 is 5.32 Å². The van der Waals surface area contributed by atoms with Gasteiger partial charge in [-0.25, -0.2) is 9.67 Å². The maximum atomic E-state index is 5.95. The van der Waals surface area contributed by atoms with Gasteiger partial charge in [0.2, 0.25) is 0 Å². The van der Waals surface area contributed by atoms with E-state index in [4.69, 9.17) is 11.6 Å². The van der Waals surface area contributed by atoms with Crippen molar-refractivity contribution in [1.29, 1.82) is 0 Å². The summed E-state index contributed by atoms with van der Waals surface area (Å²) in [4.78, 5) is 4.41. The van der Waals surface area contributed by atoms with E-state index in [1.807, 2.05) is 53.5 Å². The van der Waals surface area contributed by atoms with Crippen LogP contribution in [0.25, 0.3) is 11.5 Å². The number of benzene rings is 1. The highest BCUT2D eigenvalue weighted by Crippen LogP contribution is 2.21. The lowest BCUT2D eigenvalue weighted by atomic mass is 10.1. The molecule has 3 aromatic heterocycles. The van der Waals surface area contributed by atoms with Crippen molar-refractivity contribution in [1.82, 2.24) is 24.6 Å². The standard InChI is InChI=1S/C22H22ClN5/c1-16(21-15-26-28(17(21)2)19-7-4-3-5-8-19)24-14-20-9-6-12-27(20)22-11-10-18(23)13-25-22/h3-13,15-16,24H,14H2,1-2H3/t16-/m1/s1. The largest absolute Gasteiger partial charge is 0.305 e. The summed E-state index contributed by atoms with van der Waals surface area (Å²) in [5, 5.41) is 8.81. The van der Waals surface area contributed by atoms with Crippen LogP contribution in [-0.2, 0) is 6.54 Å². The van der Waals surface area contributed by atoms with E-state index in [0.717, 1.165) is 22.9 Å². The molecule has 142 valence electrons. The molecule has 4 rings (SSSR count). The first-order valence-electron chi connectivity index (χ1n) is 9.25. The molecule has 0 saturated heterocycles. The lowest BCUT2D eigenvalue weighted by Crippen LogP contribution is -2.20. The van der Waals surface area contributed by atoms with Gasteiger partial charge >= 0.3 is 0 Å². The molecule has 0 saturated carbocycles. The van der Waals surface area contributed by atoms with Crippen molar-refractivity contribution < 1.29 is 0 Å². The van der Waals surface area contributed by atoms with Crippen molar-refractivity contribution in [3.8, 4) is 11.5 Å². The summed E-state index contributed by atoms with van der Waals surface area (Å²) in [7, 11) is 0. The van der Waals surface area contributed by atoms with Crippen LogP contribution in [0.5, 0.6) is 0 Å². The number of para-hydroxylation sites is 1. The number of aromatic nitrogens is 4. The summed E-state index contributed by atoms with van der Waals surface area (Å²) < 4.78 is 4.05. The van der Waals surface area contributed by atoms with E-state index in [9.17, 15) is 0 Å². The van der Waals surface area contributed by atoms with Crippen molar-refractivity contribution in [2.75, 3.05) is 0 Å². The molecule has 1 atom stereocenters. The highest BCUT2D eigenvalue weighted by atomic mass is 35.5. The quantitative estimate of drug-likeness (QED) is 0.510. The second kappa shape index (κ2) is 8.00. The number of halogens is 1. The highest BCUT2D eigenvalue weighted by Gasteiger charge is 2.15. The number of nitrogens with one attached hydrogen (secondary N) is 1. The smallest absolute Gasteiger partial charge is 0.136 e. The summed E-state index contributed by atoms with van der Waals surface area (Å²) in [5.74, 6) is 0.854. The first-order valence-corrected chi connectivity index (χ1v) is 9.63. The Balaban J connectivity index is 1.49. The van der Waals surface area contributed by atoms with Gasteiger partial charge in [-0.15, -0.1) is 0 Å². The molecule has 0 amide bonds. The molecule has 0 fully saturated rings. The van der Waals surface area contributed by atoms with Gasteiger partial charge in [0.25, 0.3) is 0 Å². The summed E-state index contributed by atoms with van der Waals surface area (Å²) in [6.45, 7) is 4.98. The van der Waals surface area contributed by atoms with Gasteiger partial charge in [-0.05, 0) is 50.2 Å². The monoisotopic (exact) mass is 391 g/mol. The van der Waals surface area contributed by atoms with E-state index in [1.54, 1.807) is 6.20 Å².